The maximum absolute atomic E-state index is 9.86. The minimum absolute atomic E-state index is 0. The number of carboxylic acids is 1. The fourth-order valence-electron chi connectivity index (χ4n) is 0.430. The van der Waals surface area contributed by atoms with E-state index in [1.807, 2.05) is 0 Å². The molecule has 3 nitrogen and oxygen atoms in total. The maximum Gasteiger partial charge on any atom is 1.00 e. The van der Waals surface area contributed by atoms with Crippen molar-refractivity contribution in [3.63, 3.8) is 0 Å². The molecule has 1 fully saturated rings. The molecular formula is C4H7NaO3. The van der Waals surface area contributed by atoms with Gasteiger partial charge in [0, 0.05) is 6.42 Å². The van der Waals surface area contributed by atoms with Crippen molar-refractivity contribution >= 4 is 5.97 Å². The summed E-state index contributed by atoms with van der Waals surface area (Å²) in [6, 6.07) is 0. The van der Waals surface area contributed by atoms with Crippen LogP contribution in [-0.4, -0.2) is 23.8 Å². The van der Waals surface area contributed by atoms with Gasteiger partial charge < -0.3 is 11.3 Å². The summed E-state index contributed by atoms with van der Waals surface area (Å²) in [5.41, 5.74) is 0. The van der Waals surface area contributed by atoms with Crippen molar-refractivity contribution in [3.05, 3.63) is 0 Å². The number of aliphatic carboxylic acids is 1. The van der Waals surface area contributed by atoms with E-state index in [1.54, 1.807) is 0 Å². The smallest absolute Gasteiger partial charge is 1.00 e. The first-order valence-corrected chi connectivity index (χ1v) is 2.15. The van der Waals surface area contributed by atoms with Gasteiger partial charge >= 0.3 is 35.5 Å². The maximum atomic E-state index is 9.86. The van der Waals surface area contributed by atoms with Gasteiger partial charge in [-0.05, 0) is 0 Å². The van der Waals surface area contributed by atoms with Gasteiger partial charge in [0.05, 0.1) is 6.61 Å². The molecule has 0 bridgehead atoms. The molecule has 4 heteroatoms. The van der Waals surface area contributed by atoms with E-state index in [0.717, 1.165) is 0 Å². The first kappa shape index (κ1) is 8.43. The second kappa shape index (κ2) is 3.45. The molecule has 8 heavy (non-hydrogen) atoms. The van der Waals surface area contributed by atoms with E-state index >= 15 is 0 Å². The standard InChI is InChI=1S/C4H6O3.Na.H/c5-4(6)3-1-2-7-3;;/h3H,1-2H2,(H,5,6);;/q;+1;-1/t3-;;/m1../s1. The van der Waals surface area contributed by atoms with Crippen LogP contribution in [0, 0.1) is 0 Å². The summed E-state index contributed by atoms with van der Waals surface area (Å²) in [6.07, 6.45) is 0.176. The van der Waals surface area contributed by atoms with Crippen LogP contribution in [0.4, 0.5) is 0 Å². The molecule has 1 aliphatic heterocycles. The van der Waals surface area contributed by atoms with Crippen LogP contribution >= 0.6 is 0 Å². The Morgan fingerprint density at radius 1 is 1.88 bits per heavy atom. The Kier molecular flexibility index (Phi) is 3.64. The molecule has 1 heterocycles. The number of hydrogen-bond acceptors (Lipinski definition) is 2. The number of hydrogen-bond donors (Lipinski definition) is 1. The molecular weight excluding hydrogens is 119 g/mol. The molecule has 0 amide bonds. The Labute approximate surface area is 70.8 Å². The van der Waals surface area contributed by atoms with Crippen LogP contribution in [0.2, 0.25) is 0 Å². The Bertz CT molecular complexity index is 93.8. The molecule has 0 aromatic carbocycles. The van der Waals surface area contributed by atoms with Crippen molar-refractivity contribution in [3.8, 4) is 0 Å². The van der Waals surface area contributed by atoms with E-state index < -0.39 is 12.1 Å². The van der Waals surface area contributed by atoms with Crippen molar-refractivity contribution in [2.75, 3.05) is 6.61 Å². The number of ether oxygens (including phenoxy) is 1. The predicted molar refractivity (Wildman–Crippen MR) is 23.1 cm³/mol. The predicted octanol–water partition coefficient (Wildman–Crippen LogP) is -3.02. The molecule has 0 spiro atoms. The van der Waals surface area contributed by atoms with E-state index in [1.165, 1.54) is 0 Å². The molecule has 42 valence electrons. The fourth-order valence-corrected chi connectivity index (χ4v) is 0.430. The molecule has 1 saturated heterocycles. The zero-order valence-electron chi connectivity index (χ0n) is 5.76. The van der Waals surface area contributed by atoms with Gasteiger partial charge in [0.2, 0.25) is 0 Å². The summed E-state index contributed by atoms with van der Waals surface area (Å²) in [5, 5.41) is 8.11. The molecule has 0 unspecified atom stereocenters. The SMILES string of the molecule is O=C(O)[C@H]1CCO1.[H-].[Na+]. The quantitative estimate of drug-likeness (QED) is 0.380. The van der Waals surface area contributed by atoms with Gasteiger partial charge in [0.1, 0.15) is 0 Å². The van der Waals surface area contributed by atoms with Crippen LogP contribution in [0.1, 0.15) is 7.85 Å². The molecule has 1 aliphatic rings. The largest absolute Gasteiger partial charge is 1.00 e. The number of rotatable bonds is 1. The van der Waals surface area contributed by atoms with Crippen LogP contribution in [0.3, 0.4) is 0 Å². The Morgan fingerprint density at radius 3 is 2.38 bits per heavy atom. The molecule has 1 rings (SSSR count). The third-order valence-corrected chi connectivity index (χ3v) is 0.975. The Morgan fingerprint density at radius 2 is 2.38 bits per heavy atom. The zero-order valence-corrected chi connectivity index (χ0v) is 6.76. The van der Waals surface area contributed by atoms with E-state index in [0.29, 0.717) is 13.0 Å². The van der Waals surface area contributed by atoms with Crippen LogP contribution in [-0.2, 0) is 9.53 Å². The van der Waals surface area contributed by atoms with Gasteiger partial charge in [-0.2, -0.15) is 0 Å². The van der Waals surface area contributed by atoms with E-state index in [4.69, 9.17) is 5.11 Å². The molecule has 0 radical (unpaired) electrons. The molecule has 0 saturated carbocycles. The van der Waals surface area contributed by atoms with Gasteiger partial charge in [0.25, 0.3) is 0 Å². The average Bonchev–Trinajstić information content (AvgIpc) is 1.23. The van der Waals surface area contributed by atoms with Gasteiger partial charge in [-0.1, -0.05) is 0 Å². The summed E-state index contributed by atoms with van der Waals surface area (Å²) < 4.78 is 4.59. The monoisotopic (exact) mass is 126 g/mol. The Hall–Kier alpha value is 0.430. The molecule has 0 aliphatic carbocycles. The van der Waals surface area contributed by atoms with Crippen molar-refractivity contribution < 1.29 is 45.6 Å². The minimum atomic E-state index is -0.841. The second-order valence-electron chi connectivity index (χ2n) is 1.49. The van der Waals surface area contributed by atoms with Crippen molar-refractivity contribution in [2.24, 2.45) is 0 Å². The number of carboxylic acid groups (broad SMARTS) is 1. The van der Waals surface area contributed by atoms with Crippen LogP contribution in [0.15, 0.2) is 0 Å². The first-order valence-electron chi connectivity index (χ1n) is 2.15. The summed E-state index contributed by atoms with van der Waals surface area (Å²) in [4.78, 5) is 9.86. The van der Waals surface area contributed by atoms with E-state index in [-0.39, 0.29) is 31.0 Å². The van der Waals surface area contributed by atoms with E-state index in [2.05, 4.69) is 4.74 Å². The Balaban J connectivity index is 0. The normalized spacial score (nSPS) is 25.2. The summed E-state index contributed by atoms with van der Waals surface area (Å²) >= 11 is 0. The minimum Gasteiger partial charge on any atom is -1.00 e. The molecule has 0 aromatic rings. The number of carbonyl (C=O) groups is 1. The van der Waals surface area contributed by atoms with Gasteiger partial charge in [-0.25, -0.2) is 4.79 Å². The van der Waals surface area contributed by atoms with E-state index in [9.17, 15) is 4.79 Å². The van der Waals surface area contributed by atoms with Gasteiger partial charge in [-0.15, -0.1) is 0 Å². The van der Waals surface area contributed by atoms with Crippen molar-refractivity contribution in [1.29, 1.82) is 0 Å². The molecule has 1 N–H and O–H groups in total. The topological polar surface area (TPSA) is 46.5 Å². The van der Waals surface area contributed by atoms with Crippen molar-refractivity contribution in [2.45, 2.75) is 12.5 Å². The summed E-state index contributed by atoms with van der Waals surface area (Å²) in [6.45, 7) is 0.608. The summed E-state index contributed by atoms with van der Waals surface area (Å²) in [5.74, 6) is -0.841. The van der Waals surface area contributed by atoms with Gasteiger partial charge in [0.15, 0.2) is 6.10 Å². The fraction of sp³-hybridized carbons (Fsp3) is 0.750. The van der Waals surface area contributed by atoms with Crippen LogP contribution in [0.5, 0.6) is 0 Å². The molecule has 1 atom stereocenters. The average molecular weight is 126 g/mol. The van der Waals surface area contributed by atoms with Crippen LogP contribution < -0.4 is 29.6 Å². The zero-order chi connectivity index (χ0) is 5.28. The first-order chi connectivity index (χ1) is 3.30. The van der Waals surface area contributed by atoms with Gasteiger partial charge in [-0.3, -0.25) is 0 Å². The third kappa shape index (κ3) is 1.74. The second-order valence-corrected chi connectivity index (χ2v) is 1.49. The summed E-state index contributed by atoms with van der Waals surface area (Å²) in [7, 11) is 0. The van der Waals surface area contributed by atoms with Crippen molar-refractivity contribution in [1.82, 2.24) is 0 Å². The third-order valence-electron chi connectivity index (χ3n) is 0.975. The van der Waals surface area contributed by atoms with Crippen LogP contribution in [0.25, 0.3) is 0 Å². The molecule has 0 aromatic heterocycles.